The van der Waals surface area contributed by atoms with Gasteiger partial charge in [-0.25, -0.2) is 4.98 Å². The lowest BCUT2D eigenvalue weighted by Crippen LogP contribution is -2.42. The molecule has 0 radical (unpaired) electrons. The van der Waals surface area contributed by atoms with E-state index in [4.69, 9.17) is 4.74 Å². The summed E-state index contributed by atoms with van der Waals surface area (Å²) in [4.78, 5) is 21.4. The molecule has 0 spiro atoms. The molecule has 7 nitrogen and oxygen atoms in total. The predicted molar refractivity (Wildman–Crippen MR) is 105 cm³/mol. The number of anilines is 1. The van der Waals surface area contributed by atoms with Gasteiger partial charge in [0, 0.05) is 30.9 Å². The molecule has 1 N–H and O–H groups in total. The number of aromatic amines is 1. The van der Waals surface area contributed by atoms with Crippen LogP contribution < -0.4 is 4.90 Å². The van der Waals surface area contributed by atoms with E-state index >= 15 is 0 Å². The second kappa shape index (κ2) is 8.99. The van der Waals surface area contributed by atoms with Gasteiger partial charge in [0.15, 0.2) is 5.82 Å². The number of amides is 1. The number of ether oxygens (including phenoxy) is 1. The van der Waals surface area contributed by atoms with Gasteiger partial charge in [-0.1, -0.05) is 13.3 Å². The molecule has 0 aliphatic carbocycles. The Morgan fingerprint density at radius 3 is 2.74 bits per heavy atom. The van der Waals surface area contributed by atoms with Crippen LogP contribution in [0.15, 0.2) is 24.3 Å². The molecule has 7 heteroatoms. The number of morpholine rings is 1. The third-order valence-electron chi connectivity index (χ3n) is 4.90. The lowest BCUT2D eigenvalue weighted by atomic mass is 10.1. The summed E-state index contributed by atoms with van der Waals surface area (Å²) in [6.07, 6.45) is 2.07. The Bertz CT molecular complexity index is 743. The number of benzene rings is 1. The van der Waals surface area contributed by atoms with Gasteiger partial charge in [-0.05, 0) is 44.5 Å². The summed E-state index contributed by atoms with van der Waals surface area (Å²) in [5.74, 6) is 1.38. The summed E-state index contributed by atoms with van der Waals surface area (Å²) >= 11 is 0. The van der Waals surface area contributed by atoms with Crippen molar-refractivity contribution in [1.82, 2.24) is 20.1 Å². The molecule has 1 saturated heterocycles. The zero-order chi connectivity index (χ0) is 19.2. The summed E-state index contributed by atoms with van der Waals surface area (Å²) in [5.41, 5.74) is 1.87. The lowest BCUT2D eigenvalue weighted by molar-refractivity contribution is -0.0266. The molecular weight excluding hydrogens is 342 g/mol. The van der Waals surface area contributed by atoms with Crippen LogP contribution in [0.5, 0.6) is 0 Å². The highest BCUT2D eigenvalue weighted by molar-refractivity contribution is 5.94. The molecule has 1 aromatic carbocycles. The van der Waals surface area contributed by atoms with Gasteiger partial charge in [0.05, 0.1) is 13.2 Å². The van der Waals surface area contributed by atoms with Crippen molar-refractivity contribution in [3.05, 3.63) is 41.5 Å². The number of hydrogen-bond donors (Lipinski definition) is 1. The van der Waals surface area contributed by atoms with Crippen molar-refractivity contribution in [2.24, 2.45) is 0 Å². The molecule has 1 aromatic heterocycles. The topological polar surface area (TPSA) is 74.3 Å². The number of nitrogens with one attached hydrogen (secondary N) is 1. The molecule has 1 atom stereocenters. The SMILES string of the molecule is CCCCN(CC)c1ccc(C(=O)N2CCOC(c3n[nH]c(C)n3)C2)cc1. The Labute approximate surface area is 160 Å². The van der Waals surface area contributed by atoms with Crippen molar-refractivity contribution < 1.29 is 9.53 Å². The van der Waals surface area contributed by atoms with E-state index in [2.05, 4.69) is 33.9 Å². The molecule has 0 saturated carbocycles. The van der Waals surface area contributed by atoms with Gasteiger partial charge in [0.1, 0.15) is 11.9 Å². The van der Waals surface area contributed by atoms with Crippen LogP contribution in [0.4, 0.5) is 5.69 Å². The zero-order valence-electron chi connectivity index (χ0n) is 16.4. The van der Waals surface area contributed by atoms with E-state index in [1.807, 2.05) is 36.1 Å². The van der Waals surface area contributed by atoms with Crippen LogP contribution in [0.25, 0.3) is 0 Å². The Hall–Kier alpha value is -2.41. The van der Waals surface area contributed by atoms with E-state index in [1.165, 1.54) is 18.5 Å². The number of aryl methyl sites for hydroxylation is 1. The van der Waals surface area contributed by atoms with Gasteiger partial charge in [-0.2, -0.15) is 5.10 Å². The molecule has 2 aromatic rings. The number of nitrogens with zero attached hydrogens (tertiary/aromatic N) is 4. The van der Waals surface area contributed by atoms with E-state index in [-0.39, 0.29) is 12.0 Å². The first-order valence-electron chi connectivity index (χ1n) is 9.77. The van der Waals surface area contributed by atoms with E-state index in [1.54, 1.807) is 0 Å². The third kappa shape index (κ3) is 4.66. The van der Waals surface area contributed by atoms with Crippen molar-refractivity contribution in [2.75, 3.05) is 37.7 Å². The zero-order valence-corrected chi connectivity index (χ0v) is 16.4. The number of carbonyl (C=O) groups is 1. The number of hydrogen-bond acceptors (Lipinski definition) is 5. The van der Waals surface area contributed by atoms with Crippen LogP contribution in [0.3, 0.4) is 0 Å². The highest BCUT2D eigenvalue weighted by Crippen LogP contribution is 2.22. The predicted octanol–water partition coefficient (Wildman–Crippen LogP) is 2.95. The minimum atomic E-state index is -0.281. The first kappa shape index (κ1) is 19.4. The molecule has 1 aliphatic heterocycles. The van der Waals surface area contributed by atoms with Crippen LogP contribution in [0.2, 0.25) is 0 Å². The van der Waals surface area contributed by atoms with Crippen LogP contribution in [0.1, 0.15) is 54.8 Å². The largest absolute Gasteiger partial charge is 0.372 e. The fraction of sp³-hybridized carbons (Fsp3) is 0.550. The fourth-order valence-corrected chi connectivity index (χ4v) is 3.31. The van der Waals surface area contributed by atoms with Gasteiger partial charge >= 0.3 is 0 Å². The molecule has 3 rings (SSSR count). The highest BCUT2D eigenvalue weighted by atomic mass is 16.5. The fourth-order valence-electron chi connectivity index (χ4n) is 3.31. The molecule has 1 fully saturated rings. The lowest BCUT2D eigenvalue weighted by Gasteiger charge is -2.31. The van der Waals surface area contributed by atoms with Gasteiger partial charge in [-0.3, -0.25) is 9.89 Å². The number of H-pyrrole nitrogens is 1. The van der Waals surface area contributed by atoms with Crippen molar-refractivity contribution in [1.29, 1.82) is 0 Å². The van der Waals surface area contributed by atoms with Crippen molar-refractivity contribution in [3.63, 3.8) is 0 Å². The van der Waals surface area contributed by atoms with E-state index in [0.29, 0.717) is 31.1 Å². The van der Waals surface area contributed by atoms with Gasteiger partial charge in [0.25, 0.3) is 5.91 Å². The van der Waals surface area contributed by atoms with Crippen molar-refractivity contribution in [2.45, 2.75) is 39.7 Å². The Morgan fingerprint density at radius 1 is 1.33 bits per heavy atom. The minimum absolute atomic E-state index is 0.0266. The average molecular weight is 371 g/mol. The summed E-state index contributed by atoms with van der Waals surface area (Å²) < 4.78 is 5.75. The standard InChI is InChI=1S/C20H29N5O2/c1-4-6-11-24(5-2)17-9-7-16(8-10-17)20(26)25-12-13-27-18(14-25)19-21-15(3)22-23-19/h7-10,18H,4-6,11-14H2,1-3H3,(H,21,22,23). The molecule has 1 aliphatic rings. The number of unbranched alkanes of at least 4 members (excludes halogenated alkanes) is 1. The van der Waals surface area contributed by atoms with Crippen molar-refractivity contribution >= 4 is 11.6 Å². The number of rotatable bonds is 7. The van der Waals surface area contributed by atoms with Crippen LogP contribution in [-0.4, -0.2) is 58.8 Å². The molecule has 0 bridgehead atoms. The summed E-state index contributed by atoms with van der Waals surface area (Å²) in [6.45, 7) is 9.76. The van der Waals surface area contributed by atoms with E-state index in [0.717, 1.165) is 18.9 Å². The Morgan fingerprint density at radius 2 is 2.11 bits per heavy atom. The smallest absolute Gasteiger partial charge is 0.254 e. The van der Waals surface area contributed by atoms with Gasteiger partial charge < -0.3 is 14.5 Å². The second-order valence-electron chi connectivity index (χ2n) is 6.87. The summed E-state index contributed by atoms with van der Waals surface area (Å²) in [6, 6.07) is 7.94. The van der Waals surface area contributed by atoms with Crippen molar-refractivity contribution in [3.8, 4) is 0 Å². The quantitative estimate of drug-likeness (QED) is 0.810. The monoisotopic (exact) mass is 371 g/mol. The van der Waals surface area contributed by atoms with Crippen LogP contribution in [-0.2, 0) is 4.74 Å². The first-order valence-corrected chi connectivity index (χ1v) is 9.77. The molecule has 1 amide bonds. The molecule has 1 unspecified atom stereocenters. The highest BCUT2D eigenvalue weighted by Gasteiger charge is 2.28. The van der Waals surface area contributed by atoms with Crippen LogP contribution >= 0.6 is 0 Å². The first-order chi connectivity index (χ1) is 13.1. The Kier molecular flexibility index (Phi) is 6.45. The normalized spacial score (nSPS) is 17.1. The minimum Gasteiger partial charge on any atom is -0.372 e. The average Bonchev–Trinajstić information content (AvgIpc) is 3.15. The van der Waals surface area contributed by atoms with Gasteiger partial charge in [-0.15, -0.1) is 0 Å². The maximum atomic E-state index is 12.9. The third-order valence-corrected chi connectivity index (χ3v) is 4.90. The maximum absolute atomic E-state index is 12.9. The summed E-state index contributed by atoms with van der Waals surface area (Å²) in [5, 5.41) is 7.00. The second-order valence-corrected chi connectivity index (χ2v) is 6.87. The molecule has 146 valence electrons. The number of carbonyl (C=O) groups excluding carboxylic acids is 1. The number of aromatic nitrogens is 3. The van der Waals surface area contributed by atoms with Crippen LogP contribution in [0, 0.1) is 6.92 Å². The summed E-state index contributed by atoms with van der Waals surface area (Å²) in [7, 11) is 0. The van der Waals surface area contributed by atoms with E-state index in [9.17, 15) is 4.79 Å². The van der Waals surface area contributed by atoms with E-state index < -0.39 is 0 Å². The Balaban J connectivity index is 1.66. The molecule has 27 heavy (non-hydrogen) atoms. The van der Waals surface area contributed by atoms with Gasteiger partial charge in [0.2, 0.25) is 0 Å². The molecular formula is C20H29N5O2. The maximum Gasteiger partial charge on any atom is 0.254 e. The molecule has 2 heterocycles.